The van der Waals surface area contributed by atoms with Gasteiger partial charge in [0.25, 0.3) is 0 Å². The van der Waals surface area contributed by atoms with E-state index < -0.39 is 11.7 Å². The topological polar surface area (TPSA) is 0 Å². The number of alkyl halides is 3. The Morgan fingerprint density at radius 1 is 1.14 bits per heavy atom. The molecule has 0 heterocycles. The molecule has 2 rings (SSSR count). The van der Waals surface area contributed by atoms with Gasteiger partial charge in [-0.05, 0) is 43.4 Å². The smallest absolute Gasteiger partial charge is 0.166 e. The standard InChI is InChI=1S/C11H11F3/c1-7-4-9(8-2-3-8)6-10(5-7)11(12,13)14/h4-6,8H,2-3H2,1H3. The first-order chi connectivity index (χ1) is 6.47. The lowest BCUT2D eigenvalue weighted by atomic mass is 10.0. The van der Waals surface area contributed by atoms with Crippen LogP contribution in [0, 0.1) is 6.92 Å². The summed E-state index contributed by atoms with van der Waals surface area (Å²) in [6.07, 6.45) is -2.16. The fourth-order valence-corrected chi connectivity index (χ4v) is 1.63. The van der Waals surface area contributed by atoms with Crippen molar-refractivity contribution in [2.24, 2.45) is 0 Å². The van der Waals surface area contributed by atoms with Crippen LogP contribution >= 0.6 is 0 Å². The Balaban J connectivity index is 2.41. The van der Waals surface area contributed by atoms with E-state index >= 15 is 0 Å². The second-order valence-corrected chi connectivity index (χ2v) is 3.90. The third kappa shape index (κ3) is 1.91. The summed E-state index contributed by atoms with van der Waals surface area (Å²) in [5, 5.41) is 0. The molecule has 0 unspecified atom stereocenters. The maximum Gasteiger partial charge on any atom is 0.416 e. The summed E-state index contributed by atoms with van der Waals surface area (Å²) in [5.74, 6) is 0.371. The summed E-state index contributed by atoms with van der Waals surface area (Å²) >= 11 is 0. The minimum absolute atomic E-state index is 0.371. The molecule has 14 heavy (non-hydrogen) atoms. The Labute approximate surface area is 80.7 Å². The minimum Gasteiger partial charge on any atom is -0.166 e. The Morgan fingerprint density at radius 3 is 2.29 bits per heavy atom. The molecule has 1 aromatic carbocycles. The third-order valence-electron chi connectivity index (χ3n) is 2.48. The van der Waals surface area contributed by atoms with Gasteiger partial charge in [0.05, 0.1) is 5.56 Å². The summed E-state index contributed by atoms with van der Waals surface area (Å²) in [5.41, 5.74) is 1.03. The van der Waals surface area contributed by atoms with Gasteiger partial charge >= 0.3 is 6.18 Å². The van der Waals surface area contributed by atoms with Crippen LogP contribution in [0.4, 0.5) is 13.2 Å². The van der Waals surface area contributed by atoms with Gasteiger partial charge in [0, 0.05) is 0 Å². The fraction of sp³-hybridized carbons (Fsp3) is 0.455. The molecule has 0 radical (unpaired) electrons. The average molecular weight is 200 g/mol. The molecule has 1 saturated carbocycles. The number of hydrogen-bond acceptors (Lipinski definition) is 0. The number of rotatable bonds is 1. The molecule has 0 aromatic heterocycles. The van der Waals surface area contributed by atoms with E-state index in [4.69, 9.17) is 0 Å². The quantitative estimate of drug-likeness (QED) is 0.645. The van der Waals surface area contributed by atoms with Crippen LogP contribution in [0.1, 0.15) is 35.4 Å². The van der Waals surface area contributed by atoms with Crippen LogP contribution < -0.4 is 0 Å². The van der Waals surface area contributed by atoms with Crippen LogP contribution in [0.3, 0.4) is 0 Å². The van der Waals surface area contributed by atoms with Crippen molar-refractivity contribution in [3.05, 3.63) is 34.9 Å². The first-order valence-electron chi connectivity index (χ1n) is 4.65. The molecule has 0 aliphatic heterocycles. The van der Waals surface area contributed by atoms with E-state index in [-0.39, 0.29) is 0 Å². The van der Waals surface area contributed by atoms with E-state index in [0.29, 0.717) is 11.5 Å². The number of hydrogen-bond donors (Lipinski definition) is 0. The predicted octanol–water partition coefficient (Wildman–Crippen LogP) is 3.89. The third-order valence-corrected chi connectivity index (χ3v) is 2.48. The van der Waals surface area contributed by atoms with Gasteiger partial charge in [-0.25, -0.2) is 0 Å². The molecule has 0 spiro atoms. The summed E-state index contributed by atoms with van der Waals surface area (Å²) in [6.45, 7) is 1.71. The van der Waals surface area contributed by atoms with Gasteiger partial charge in [0.2, 0.25) is 0 Å². The number of halogens is 3. The van der Waals surface area contributed by atoms with Crippen LogP contribution in [-0.4, -0.2) is 0 Å². The van der Waals surface area contributed by atoms with Gasteiger partial charge in [0.15, 0.2) is 0 Å². The predicted molar refractivity (Wildman–Crippen MR) is 48.2 cm³/mol. The van der Waals surface area contributed by atoms with Crippen LogP contribution in [0.2, 0.25) is 0 Å². The van der Waals surface area contributed by atoms with Crippen molar-refractivity contribution < 1.29 is 13.2 Å². The molecule has 1 aromatic rings. The molecular weight excluding hydrogens is 189 g/mol. The highest BCUT2D eigenvalue weighted by Gasteiger charge is 2.32. The van der Waals surface area contributed by atoms with Crippen molar-refractivity contribution in [2.75, 3.05) is 0 Å². The SMILES string of the molecule is Cc1cc(C2CC2)cc(C(F)(F)F)c1. The van der Waals surface area contributed by atoms with Crippen LogP contribution in [0.15, 0.2) is 18.2 Å². The molecule has 0 saturated heterocycles. The summed E-state index contributed by atoms with van der Waals surface area (Å²) in [4.78, 5) is 0. The van der Waals surface area contributed by atoms with Crippen LogP contribution in [-0.2, 0) is 6.18 Å². The highest BCUT2D eigenvalue weighted by Crippen LogP contribution is 2.42. The minimum atomic E-state index is -4.21. The van der Waals surface area contributed by atoms with Crippen molar-refractivity contribution in [1.82, 2.24) is 0 Å². The first kappa shape index (κ1) is 9.56. The van der Waals surface area contributed by atoms with E-state index in [1.54, 1.807) is 6.92 Å². The molecule has 1 fully saturated rings. The van der Waals surface area contributed by atoms with Crippen molar-refractivity contribution in [3.63, 3.8) is 0 Å². The molecule has 0 amide bonds. The zero-order chi connectivity index (χ0) is 10.3. The van der Waals surface area contributed by atoms with Gasteiger partial charge in [0.1, 0.15) is 0 Å². The molecular formula is C11H11F3. The van der Waals surface area contributed by atoms with E-state index in [9.17, 15) is 13.2 Å². The Hall–Kier alpha value is -0.990. The van der Waals surface area contributed by atoms with Crippen LogP contribution in [0.25, 0.3) is 0 Å². The molecule has 1 aliphatic rings. The molecule has 76 valence electrons. The zero-order valence-electron chi connectivity index (χ0n) is 7.86. The molecule has 0 bridgehead atoms. The molecule has 0 nitrogen and oxygen atoms in total. The Morgan fingerprint density at radius 2 is 1.79 bits per heavy atom. The molecule has 0 N–H and O–H groups in total. The van der Waals surface area contributed by atoms with Crippen molar-refractivity contribution in [3.8, 4) is 0 Å². The van der Waals surface area contributed by atoms with E-state index in [1.807, 2.05) is 6.07 Å². The van der Waals surface area contributed by atoms with Crippen LogP contribution in [0.5, 0.6) is 0 Å². The maximum atomic E-state index is 12.4. The maximum absolute atomic E-state index is 12.4. The first-order valence-corrected chi connectivity index (χ1v) is 4.65. The highest BCUT2D eigenvalue weighted by atomic mass is 19.4. The van der Waals surface area contributed by atoms with Gasteiger partial charge in [-0.1, -0.05) is 11.6 Å². The van der Waals surface area contributed by atoms with E-state index in [2.05, 4.69) is 0 Å². The van der Waals surface area contributed by atoms with Crippen molar-refractivity contribution >= 4 is 0 Å². The van der Waals surface area contributed by atoms with E-state index in [0.717, 1.165) is 18.4 Å². The Bertz CT molecular complexity index is 348. The lowest BCUT2D eigenvalue weighted by Crippen LogP contribution is -2.05. The Kier molecular flexibility index (Phi) is 2.05. The molecule has 0 atom stereocenters. The largest absolute Gasteiger partial charge is 0.416 e. The summed E-state index contributed by atoms with van der Waals surface area (Å²) in [7, 11) is 0. The van der Waals surface area contributed by atoms with Crippen molar-refractivity contribution in [1.29, 1.82) is 0 Å². The van der Waals surface area contributed by atoms with Gasteiger partial charge in [-0.3, -0.25) is 0 Å². The number of benzene rings is 1. The fourth-order valence-electron chi connectivity index (χ4n) is 1.63. The van der Waals surface area contributed by atoms with Gasteiger partial charge < -0.3 is 0 Å². The summed E-state index contributed by atoms with van der Waals surface area (Å²) < 4.78 is 37.3. The highest BCUT2D eigenvalue weighted by molar-refractivity contribution is 5.35. The van der Waals surface area contributed by atoms with E-state index in [1.165, 1.54) is 12.1 Å². The second kappa shape index (κ2) is 3.01. The average Bonchev–Trinajstić information content (AvgIpc) is 2.83. The normalized spacial score (nSPS) is 17.1. The lowest BCUT2D eigenvalue weighted by Gasteiger charge is -2.09. The van der Waals surface area contributed by atoms with Gasteiger partial charge in [-0.2, -0.15) is 13.2 Å². The monoisotopic (exact) mass is 200 g/mol. The van der Waals surface area contributed by atoms with Gasteiger partial charge in [-0.15, -0.1) is 0 Å². The molecule has 1 aliphatic carbocycles. The summed E-state index contributed by atoms with van der Waals surface area (Å²) in [6, 6.07) is 4.34. The lowest BCUT2D eigenvalue weighted by molar-refractivity contribution is -0.137. The number of aryl methyl sites for hydroxylation is 1. The second-order valence-electron chi connectivity index (χ2n) is 3.90. The molecule has 3 heteroatoms. The van der Waals surface area contributed by atoms with Crippen molar-refractivity contribution in [2.45, 2.75) is 31.9 Å². The zero-order valence-corrected chi connectivity index (χ0v) is 7.86.